The van der Waals surface area contributed by atoms with Crippen LogP contribution in [0, 0.1) is 0 Å². The van der Waals surface area contributed by atoms with Crippen LogP contribution in [0.4, 0.5) is 22.7 Å². The van der Waals surface area contributed by atoms with Crippen molar-refractivity contribution in [2.24, 2.45) is 0 Å². The van der Waals surface area contributed by atoms with Crippen molar-refractivity contribution in [1.82, 2.24) is 0 Å². The molecule has 0 saturated heterocycles. The lowest BCUT2D eigenvalue weighted by Crippen LogP contribution is -1.98. The summed E-state index contributed by atoms with van der Waals surface area (Å²) in [4.78, 5) is 0. The summed E-state index contributed by atoms with van der Waals surface area (Å²) in [6.07, 6.45) is 0. The van der Waals surface area contributed by atoms with Crippen LogP contribution in [0.3, 0.4) is 0 Å². The van der Waals surface area contributed by atoms with Gasteiger partial charge < -0.3 is 24.8 Å². The molecule has 3 aromatic carbocycles. The van der Waals surface area contributed by atoms with E-state index in [9.17, 15) is 0 Å². The lowest BCUT2D eigenvalue weighted by atomic mass is 10.2. The normalized spacial score (nSPS) is 11.9. The van der Waals surface area contributed by atoms with Gasteiger partial charge in [-0.2, -0.15) is 0 Å². The number of anilines is 4. The SMILES string of the molecule is COc1ccc(Nc2cc3c(cc2Nc2ccccc2)OCO3)cc1. The molecule has 1 aliphatic heterocycles. The largest absolute Gasteiger partial charge is 0.497 e. The van der Waals surface area contributed by atoms with E-state index >= 15 is 0 Å². The summed E-state index contributed by atoms with van der Waals surface area (Å²) in [6, 6.07) is 21.7. The Hall–Kier alpha value is -3.34. The summed E-state index contributed by atoms with van der Waals surface area (Å²) in [7, 11) is 1.65. The smallest absolute Gasteiger partial charge is 0.231 e. The second-order valence-electron chi connectivity index (χ2n) is 5.60. The van der Waals surface area contributed by atoms with Crippen molar-refractivity contribution < 1.29 is 14.2 Å². The van der Waals surface area contributed by atoms with Crippen molar-refractivity contribution >= 4 is 22.7 Å². The summed E-state index contributed by atoms with van der Waals surface area (Å²) >= 11 is 0. The van der Waals surface area contributed by atoms with Gasteiger partial charge in [-0.3, -0.25) is 0 Å². The zero-order chi connectivity index (χ0) is 17.1. The van der Waals surface area contributed by atoms with E-state index in [-0.39, 0.29) is 6.79 Å². The van der Waals surface area contributed by atoms with Gasteiger partial charge in [-0.15, -0.1) is 0 Å². The van der Waals surface area contributed by atoms with Crippen molar-refractivity contribution in [3.63, 3.8) is 0 Å². The molecule has 4 rings (SSSR count). The number of nitrogens with one attached hydrogen (secondary N) is 2. The maximum absolute atomic E-state index is 5.51. The van der Waals surface area contributed by atoms with Crippen LogP contribution in [0.5, 0.6) is 17.2 Å². The van der Waals surface area contributed by atoms with Gasteiger partial charge in [0.25, 0.3) is 0 Å². The predicted molar refractivity (Wildman–Crippen MR) is 98.6 cm³/mol. The molecule has 0 aromatic heterocycles. The highest BCUT2D eigenvalue weighted by Gasteiger charge is 2.17. The number of benzene rings is 3. The first-order valence-electron chi connectivity index (χ1n) is 7.98. The van der Waals surface area contributed by atoms with Crippen LogP contribution in [-0.4, -0.2) is 13.9 Å². The highest BCUT2D eigenvalue weighted by Crippen LogP contribution is 2.41. The maximum atomic E-state index is 5.51. The van der Waals surface area contributed by atoms with Gasteiger partial charge in [0, 0.05) is 23.5 Å². The first-order valence-corrected chi connectivity index (χ1v) is 7.98. The number of methoxy groups -OCH3 is 1. The third-order valence-corrected chi connectivity index (χ3v) is 3.93. The summed E-state index contributed by atoms with van der Waals surface area (Å²) in [6.45, 7) is 0.242. The van der Waals surface area contributed by atoms with Gasteiger partial charge in [0.05, 0.1) is 18.5 Å². The molecule has 0 radical (unpaired) electrons. The van der Waals surface area contributed by atoms with E-state index in [2.05, 4.69) is 10.6 Å². The van der Waals surface area contributed by atoms with Crippen molar-refractivity contribution in [1.29, 1.82) is 0 Å². The van der Waals surface area contributed by atoms with E-state index in [1.807, 2.05) is 66.7 Å². The highest BCUT2D eigenvalue weighted by molar-refractivity contribution is 5.81. The van der Waals surface area contributed by atoms with Crippen LogP contribution in [-0.2, 0) is 0 Å². The summed E-state index contributed by atoms with van der Waals surface area (Å²) in [5.74, 6) is 2.28. The molecule has 0 aliphatic carbocycles. The van der Waals surface area contributed by atoms with E-state index in [0.717, 1.165) is 40.0 Å². The van der Waals surface area contributed by atoms with Crippen LogP contribution in [0.25, 0.3) is 0 Å². The Kier molecular flexibility index (Phi) is 4.04. The average Bonchev–Trinajstić information content (AvgIpc) is 3.10. The molecule has 25 heavy (non-hydrogen) atoms. The summed E-state index contributed by atoms with van der Waals surface area (Å²) < 4.78 is 16.2. The van der Waals surface area contributed by atoms with Gasteiger partial charge in [-0.1, -0.05) is 18.2 Å². The minimum absolute atomic E-state index is 0.242. The maximum Gasteiger partial charge on any atom is 0.231 e. The Labute approximate surface area is 146 Å². The fourth-order valence-electron chi connectivity index (χ4n) is 2.66. The molecular weight excluding hydrogens is 316 g/mol. The van der Waals surface area contributed by atoms with Crippen molar-refractivity contribution in [3.05, 3.63) is 66.7 Å². The molecule has 0 unspecified atom stereocenters. The van der Waals surface area contributed by atoms with Crippen LogP contribution in [0.15, 0.2) is 66.7 Å². The molecule has 0 saturated carbocycles. The van der Waals surface area contributed by atoms with Crippen LogP contribution in [0.2, 0.25) is 0 Å². The number of ether oxygens (including phenoxy) is 3. The Morgan fingerprint density at radius 2 is 1.32 bits per heavy atom. The molecule has 5 nitrogen and oxygen atoms in total. The number of fused-ring (bicyclic) bond motifs is 1. The molecule has 3 aromatic rings. The Balaban J connectivity index is 1.66. The highest BCUT2D eigenvalue weighted by atomic mass is 16.7. The average molecular weight is 334 g/mol. The quantitative estimate of drug-likeness (QED) is 0.694. The molecule has 0 spiro atoms. The molecule has 0 amide bonds. The Bertz CT molecular complexity index is 864. The summed E-state index contributed by atoms with van der Waals surface area (Å²) in [5.41, 5.74) is 3.76. The van der Waals surface area contributed by atoms with Gasteiger partial charge in [0.15, 0.2) is 11.5 Å². The molecule has 1 aliphatic rings. The molecule has 0 bridgehead atoms. The number of rotatable bonds is 5. The first-order chi connectivity index (χ1) is 12.3. The predicted octanol–water partition coefficient (Wildman–Crippen LogP) is 4.91. The van der Waals surface area contributed by atoms with Gasteiger partial charge in [-0.25, -0.2) is 0 Å². The standard InChI is InChI=1S/C20H18N2O3/c1-23-16-9-7-15(8-10-16)22-18-12-20-19(24-13-25-20)11-17(18)21-14-5-3-2-4-6-14/h2-12,21-22H,13H2,1H3. The van der Waals surface area contributed by atoms with E-state index in [1.165, 1.54) is 0 Å². The summed E-state index contributed by atoms with van der Waals surface area (Å²) in [5, 5.41) is 6.84. The molecule has 0 atom stereocenters. The van der Waals surface area contributed by atoms with Crippen molar-refractivity contribution in [2.45, 2.75) is 0 Å². The van der Waals surface area contributed by atoms with Gasteiger partial charge >= 0.3 is 0 Å². The zero-order valence-electron chi connectivity index (χ0n) is 13.8. The minimum atomic E-state index is 0.242. The fraction of sp³-hybridized carbons (Fsp3) is 0.100. The first kappa shape index (κ1) is 15.2. The lowest BCUT2D eigenvalue weighted by Gasteiger charge is -2.15. The number of para-hydroxylation sites is 1. The molecule has 126 valence electrons. The zero-order valence-corrected chi connectivity index (χ0v) is 13.8. The van der Waals surface area contributed by atoms with Crippen LogP contribution in [0.1, 0.15) is 0 Å². The van der Waals surface area contributed by atoms with Crippen LogP contribution >= 0.6 is 0 Å². The van der Waals surface area contributed by atoms with E-state index in [0.29, 0.717) is 0 Å². The molecule has 5 heteroatoms. The number of hydrogen-bond acceptors (Lipinski definition) is 5. The monoisotopic (exact) mass is 334 g/mol. The molecule has 1 heterocycles. The lowest BCUT2D eigenvalue weighted by molar-refractivity contribution is 0.174. The van der Waals surface area contributed by atoms with Crippen molar-refractivity contribution in [2.75, 3.05) is 24.5 Å². The Morgan fingerprint density at radius 3 is 1.88 bits per heavy atom. The second-order valence-corrected chi connectivity index (χ2v) is 5.60. The van der Waals surface area contributed by atoms with Crippen LogP contribution < -0.4 is 24.8 Å². The topological polar surface area (TPSA) is 51.8 Å². The second kappa shape index (κ2) is 6.65. The van der Waals surface area contributed by atoms with E-state index in [4.69, 9.17) is 14.2 Å². The minimum Gasteiger partial charge on any atom is -0.497 e. The van der Waals surface area contributed by atoms with Gasteiger partial charge in [0.1, 0.15) is 5.75 Å². The molecule has 2 N–H and O–H groups in total. The van der Waals surface area contributed by atoms with Gasteiger partial charge in [0.2, 0.25) is 6.79 Å². The fourth-order valence-corrected chi connectivity index (χ4v) is 2.66. The number of hydrogen-bond donors (Lipinski definition) is 2. The van der Waals surface area contributed by atoms with E-state index in [1.54, 1.807) is 7.11 Å². The van der Waals surface area contributed by atoms with E-state index < -0.39 is 0 Å². The Morgan fingerprint density at radius 1 is 0.760 bits per heavy atom. The molecule has 0 fully saturated rings. The third-order valence-electron chi connectivity index (χ3n) is 3.93. The molecular formula is C20H18N2O3. The van der Waals surface area contributed by atoms with Gasteiger partial charge in [-0.05, 0) is 36.4 Å². The third kappa shape index (κ3) is 3.30. The van der Waals surface area contributed by atoms with Crippen molar-refractivity contribution in [3.8, 4) is 17.2 Å².